The van der Waals surface area contributed by atoms with Crippen molar-refractivity contribution in [1.82, 2.24) is 15.0 Å². The van der Waals surface area contributed by atoms with Crippen molar-refractivity contribution in [2.75, 3.05) is 0 Å². The molecule has 0 saturated heterocycles. The minimum Gasteiger partial charge on any atom is -0.208 e. The summed E-state index contributed by atoms with van der Waals surface area (Å²) < 4.78 is 4.82. The summed E-state index contributed by atoms with van der Waals surface area (Å²) in [6, 6.07) is 71.5. The minimum absolute atomic E-state index is 0.641. The predicted octanol–water partition coefficient (Wildman–Crippen LogP) is 15.8. The largest absolute Gasteiger partial charge is 0.208 e. The van der Waals surface area contributed by atoms with Gasteiger partial charge in [0.05, 0.1) is 0 Å². The molecule has 60 heavy (non-hydrogen) atoms. The lowest BCUT2D eigenvalue weighted by atomic mass is 9.87. The van der Waals surface area contributed by atoms with E-state index in [0.717, 1.165) is 55.3 Å². The molecule has 0 bridgehead atoms. The average molecular weight is 800 g/mol. The van der Waals surface area contributed by atoms with Crippen LogP contribution in [0.5, 0.6) is 0 Å². The fraction of sp³-hybridized carbons (Fsp3) is 0. The second-order valence-corrected chi connectivity index (χ2v) is 17.2. The Kier molecular flexibility index (Phi) is 8.22. The Hall–Kier alpha value is -7.31. The Labute approximate surface area is 354 Å². The summed E-state index contributed by atoms with van der Waals surface area (Å²) >= 11 is 3.59. The van der Waals surface area contributed by atoms with E-state index in [2.05, 4.69) is 200 Å². The van der Waals surface area contributed by atoms with Gasteiger partial charge in [-0.1, -0.05) is 164 Å². The van der Waals surface area contributed by atoms with Gasteiger partial charge in [-0.15, -0.1) is 22.7 Å². The highest BCUT2D eigenvalue weighted by Gasteiger charge is 2.23. The van der Waals surface area contributed by atoms with Gasteiger partial charge in [-0.2, -0.15) is 0 Å². The summed E-state index contributed by atoms with van der Waals surface area (Å²) in [5.41, 5.74) is 9.78. The van der Waals surface area contributed by atoms with E-state index in [1.165, 1.54) is 45.9 Å². The molecule has 0 spiro atoms. The first-order valence-electron chi connectivity index (χ1n) is 20.1. The van der Waals surface area contributed by atoms with Crippen molar-refractivity contribution in [2.24, 2.45) is 0 Å². The Morgan fingerprint density at radius 3 is 1.33 bits per heavy atom. The zero-order valence-corrected chi connectivity index (χ0v) is 33.8. The highest BCUT2D eigenvalue weighted by Crippen LogP contribution is 2.46. The summed E-state index contributed by atoms with van der Waals surface area (Å²) in [6.07, 6.45) is 0. The van der Waals surface area contributed by atoms with Crippen LogP contribution < -0.4 is 0 Å². The van der Waals surface area contributed by atoms with Crippen molar-refractivity contribution in [3.05, 3.63) is 200 Å². The molecule has 9 aromatic carbocycles. The van der Waals surface area contributed by atoms with Gasteiger partial charge in [0.15, 0.2) is 17.5 Å². The Balaban J connectivity index is 1.19. The summed E-state index contributed by atoms with van der Waals surface area (Å²) in [5, 5.41) is 7.13. The van der Waals surface area contributed by atoms with Crippen molar-refractivity contribution in [3.8, 4) is 67.5 Å². The number of rotatable bonds is 6. The van der Waals surface area contributed by atoms with Crippen molar-refractivity contribution < 1.29 is 0 Å². The van der Waals surface area contributed by atoms with E-state index in [0.29, 0.717) is 17.5 Å². The monoisotopic (exact) mass is 799 g/mol. The lowest BCUT2D eigenvalue weighted by Crippen LogP contribution is -2.02. The van der Waals surface area contributed by atoms with Crippen molar-refractivity contribution in [1.29, 1.82) is 0 Å². The molecule has 5 heteroatoms. The lowest BCUT2D eigenvalue weighted by Gasteiger charge is -2.18. The summed E-state index contributed by atoms with van der Waals surface area (Å²) in [4.78, 5) is 16.5. The third-order valence-electron chi connectivity index (χ3n) is 11.6. The third-order valence-corrected chi connectivity index (χ3v) is 14.0. The van der Waals surface area contributed by atoms with Crippen LogP contribution in [-0.2, 0) is 0 Å². The molecule has 0 aliphatic carbocycles. The van der Waals surface area contributed by atoms with Gasteiger partial charge in [0.25, 0.3) is 0 Å². The third kappa shape index (κ3) is 5.74. The maximum atomic E-state index is 5.55. The molecule has 3 heterocycles. The molecule has 0 radical (unpaired) electrons. The minimum atomic E-state index is 0.641. The number of hydrogen-bond donors (Lipinski definition) is 0. The van der Waals surface area contributed by atoms with E-state index in [1.807, 2.05) is 0 Å². The van der Waals surface area contributed by atoms with E-state index in [9.17, 15) is 0 Å². The number of benzene rings is 9. The van der Waals surface area contributed by atoms with Crippen molar-refractivity contribution in [2.45, 2.75) is 0 Å². The van der Waals surface area contributed by atoms with Crippen LogP contribution in [0.2, 0.25) is 0 Å². The fourth-order valence-electron chi connectivity index (χ4n) is 8.77. The van der Waals surface area contributed by atoms with Crippen molar-refractivity contribution >= 4 is 73.8 Å². The van der Waals surface area contributed by atoms with E-state index in [1.54, 1.807) is 22.7 Å². The predicted molar refractivity (Wildman–Crippen MR) is 256 cm³/mol. The molecule has 0 aliphatic heterocycles. The van der Waals surface area contributed by atoms with Crippen LogP contribution in [0.1, 0.15) is 0 Å². The molecule has 0 aliphatic rings. The molecule has 0 saturated carbocycles. The normalized spacial score (nSPS) is 11.7. The van der Waals surface area contributed by atoms with Crippen LogP contribution in [0.3, 0.4) is 0 Å². The van der Waals surface area contributed by atoms with Gasteiger partial charge in [-0.25, -0.2) is 15.0 Å². The second-order valence-electron chi connectivity index (χ2n) is 15.1. The molecule has 280 valence electrons. The van der Waals surface area contributed by atoms with E-state index in [-0.39, 0.29) is 0 Å². The first-order valence-corrected chi connectivity index (χ1v) is 21.7. The van der Waals surface area contributed by atoms with Crippen LogP contribution in [-0.4, -0.2) is 15.0 Å². The number of nitrogens with zero attached hydrogens (tertiary/aromatic N) is 3. The molecule has 12 rings (SSSR count). The highest BCUT2D eigenvalue weighted by atomic mass is 32.1. The lowest BCUT2D eigenvalue weighted by molar-refractivity contribution is 1.08. The van der Waals surface area contributed by atoms with Crippen LogP contribution in [0.25, 0.3) is 119 Å². The molecule has 0 amide bonds. The van der Waals surface area contributed by atoms with Gasteiger partial charge in [0.2, 0.25) is 0 Å². The first-order chi connectivity index (χ1) is 29.7. The van der Waals surface area contributed by atoms with Crippen LogP contribution in [0, 0.1) is 0 Å². The van der Waals surface area contributed by atoms with Gasteiger partial charge in [-0.3, -0.25) is 0 Å². The number of aromatic nitrogens is 3. The van der Waals surface area contributed by atoms with Gasteiger partial charge < -0.3 is 0 Å². The SMILES string of the molecule is c1ccc(-c2cccc(-c3cc(-c4ccccc4)c4ccccc4c3-c3nc(-c4cccc5c4sc4ccccc45)nc(-c4cccc5c4sc4ccccc45)n3)c2)cc1. The summed E-state index contributed by atoms with van der Waals surface area (Å²) in [6.45, 7) is 0. The smallest absolute Gasteiger partial charge is 0.165 e. The first kappa shape index (κ1) is 34.7. The Bertz CT molecular complexity index is 3470. The summed E-state index contributed by atoms with van der Waals surface area (Å²) in [5.74, 6) is 1.96. The number of thiophene rings is 2. The number of hydrogen-bond acceptors (Lipinski definition) is 5. The standard InChI is InChI=1S/C55H33N3S2/c1-3-16-34(17-4-1)36-20-13-21-37(32-36)47-33-46(35-18-5-2-6-19-35)38-22-7-8-25-41(38)50(47)55-57-53(44-28-14-26-42-39-23-9-11-30-48(39)59-51(42)44)56-54(58-55)45-29-15-27-43-40-24-10-12-31-49(40)60-52(43)45/h1-33H. The molecule has 3 nitrogen and oxygen atoms in total. The highest BCUT2D eigenvalue weighted by molar-refractivity contribution is 7.26. The zero-order valence-electron chi connectivity index (χ0n) is 32.2. The van der Waals surface area contributed by atoms with Crippen LogP contribution >= 0.6 is 22.7 Å². The topological polar surface area (TPSA) is 38.7 Å². The molecular formula is C55H33N3S2. The zero-order chi connectivity index (χ0) is 39.6. The van der Waals surface area contributed by atoms with Crippen LogP contribution in [0.15, 0.2) is 200 Å². The maximum absolute atomic E-state index is 5.55. The molecular weight excluding hydrogens is 767 g/mol. The van der Waals surface area contributed by atoms with Crippen LogP contribution in [0.4, 0.5) is 0 Å². The molecule has 3 aromatic heterocycles. The number of fused-ring (bicyclic) bond motifs is 7. The molecule has 12 aromatic rings. The Morgan fingerprint density at radius 2 is 0.717 bits per heavy atom. The Morgan fingerprint density at radius 1 is 0.267 bits per heavy atom. The van der Waals surface area contributed by atoms with E-state index >= 15 is 0 Å². The van der Waals surface area contributed by atoms with Gasteiger partial charge >= 0.3 is 0 Å². The van der Waals surface area contributed by atoms with Crippen molar-refractivity contribution in [3.63, 3.8) is 0 Å². The second kappa shape index (κ2) is 14.2. The van der Waals surface area contributed by atoms with Gasteiger partial charge in [0, 0.05) is 57.0 Å². The molecule has 0 unspecified atom stereocenters. The van der Waals surface area contributed by atoms with E-state index in [4.69, 9.17) is 15.0 Å². The van der Waals surface area contributed by atoms with E-state index < -0.39 is 0 Å². The van der Waals surface area contributed by atoms with Gasteiger partial charge in [-0.05, 0) is 80.6 Å². The van der Waals surface area contributed by atoms with Gasteiger partial charge in [0.1, 0.15) is 0 Å². The average Bonchev–Trinajstić information content (AvgIpc) is 3.90. The molecule has 0 atom stereocenters. The molecule has 0 N–H and O–H groups in total. The quantitative estimate of drug-likeness (QED) is 0.168. The maximum Gasteiger partial charge on any atom is 0.165 e. The fourth-order valence-corrected chi connectivity index (χ4v) is 11.2. The molecule has 0 fully saturated rings. The summed E-state index contributed by atoms with van der Waals surface area (Å²) in [7, 11) is 0.